The van der Waals surface area contributed by atoms with Crippen LogP contribution in [0.25, 0.3) is 11.2 Å². The maximum absolute atomic E-state index is 12.2. The second-order valence-corrected chi connectivity index (χ2v) is 5.99. The van der Waals surface area contributed by atoms with Crippen LogP contribution in [0.2, 0.25) is 0 Å². The summed E-state index contributed by atoms with van der Waals surface area (Å²) in [5.74, 6) is 0.972. The number of H-pyrrole nitrogens is 1. The summed E-state index contributed by atoms with van der Waals surface area (Å²) in [7, 11) is 0. The van der Waals surface area contributed by atoms with Crippen molar-refractivity contribution in [2.75, 3.05) is 18.5 Å². The third-order valence-corrected chi connectivity index (χ3v) is 4.06. The number of fused-ring (bicyclic) bond motifs is 1. The van der Waals surface area contributed by atoms with E-state index in [9.17, 15) is 8.78 Å². The minimum Gasteiger partial charge on any atom is -0.417 e. The molecule has 2 N–H and O–H groups in total. The summed E-state index contributed by atoms with van der Waals surface area (Å²) in [6.45, 7) is -0.688. The maximum Gasteiger partial charge on any atom is 0.388 e. The van der Waals surface area contributed by atoms with Gasteiger partial charge in [-0.05, 0) is 12.8 Å². The third kappa shape index (κ3) is 3.72. The maximum atomic E-state index is 12.2. The number of aromatic amines is 1. The van der Waals surface area contributed by atoms with Gasteiger partial charge in [0.15, 0.2) is 17.3 Å². The molecule has 1 fully saturated rings. The largest absolute Gasteiger partial charge is 0.417 e. The van der Waals surface area contributed by atoms with Gasteiger partial charge in [0.05, 0.1) is 19.0 Å². The molecular formula is C15H17F2N7O2. The summed E-state index contributed by atoms with van der Waals surface area (Å²) in [4.78, 5) is 8.83. The van der Waals surface area contributed by atoms with E-state index >= 15 is 0 Å². The Balaban J connectivity index is 1.51. The van der Waals surface area contributed by atoms with E-state index in [1.807, 2.05) is 4.68 Å². The first kappa shape index (κ1) is 16.6. The molecular weight excluding hydrogens is 348 g/mol. The average Bonchev–Trinajstić information content (AvgIpc) is 3.22. The van der Waals surface area contributed by atoms with E-state index in [4.69, 9.17) is 4.74 Å². The fourth-order valence-corrected chi connectivity index (χ4v) is 2.89. The van der Waals surface area contributed by atoms with Gasteiger partial charge in [0.25, 0.3) is 0 Å². The molecule has 0 radical (unpaired) electrons. The lowest BCUT2D eigenvalue weighted by Crippen LogP contribution is -2.22. The SMILES string of the molecule is FC(F)Oc1cc(Nc2cnc3cnn(CC4CCCOC4)c3n2)n[nH]1. The molecule has 1 saturated heterocycles. The van der Waals surface area contributed by atoms with Crippen molar-refractivity contribution in [2.45, 2.75) is 26.0 Å². The van der Waals surface area contributed by atoms with Crippen molar-refractivity contribution < 1.29 is 18.3 Å². The van der Waals surface area contributed by atoms with Crippen LogP contribution in [-0.4, -0.2) is 49.8 Å². The molecule has 1 aliphatic rings. The van der Waals surface area contributed by atoms with Crippen molar-refractivity contribution in [3.8, 4) is 5.88 Å². The molecule has 1 unspecified atom stereocenters. The van der Waals surface area contributed by atoms with Crippen LogP contribution in [0.1, 0.15) is 12.8 Å². The molecule has 1 atom stereocenters. The average molecular weight is 365 g/mol. The number of hydrogen-bond acceptors (Lipinski definition) is 7. The highest BCUT2D eigenvalue weighted by Crippen LogP contribution is 2.21. The quantitative estimate of drug-likeness (QED) is 0.691. The normalized spacial score (nSPS) is 17.7. The first-order valence-corrected chi connectivity index (χ1v) is 8.21. The predicted octanol–water partition coefficient (Wildman–Crippen LogP) is 2.32. The van der Waals surface area contributed by atoms with Crippen molar-refractivity contribution in [1.29, 1.82) is 0 Å². The van der Waals surface area contributed by atoms with Crippen LogP contribution in [0.3, 0.4) is 0 Å². The first-order chi connectivity index (χ1) is 12.7. The van der Waals surface area contributed by atoms with Crippen molar-refractivity contribution >= 4 is 22.8 Å². The van der Waals surface area contributed by atoms with Crippen LogP contribution in [-0.2, 0) is 11.3 Å². The molecule has 0 bridgehead atoms. The van der Waals surface area contributed by atoms with Crippen LogP contribution in [0.4, 0.5) is 20.4 Å². The van der Waals surface area contributed by atoms with E-state index < -0.39 is 6.61 Å². The van der Waals surface area contributed by atoms with E-state index in [2.05, 4.69) is 35.3 Å². The topological polar surface area (TPSA) is 103 Å². The van der Waals surface area contributed by atoms with Crippen molar-refractivity contribution in [1.82, 2.24) is 29.9 Å². The summed E-state index contributed by atoms with van der Waals surface area (Å²) >= 11 is 0. The number of halogens is 2. The lowest BCUT2D eigenvalue weighted by molar-refractivity contribution is -0.0528. The molecule has 0 spiro atoms. The van der Waals surface area contributed by atoms with Crippen molar-refractivity contribution in [3.63, 3.8) is 0 Å². The highest BCUT2D eigenvalue weighted by atomic mass is 19.3. The van der Waals surface area contributed by atoms with Gasteiger partial charge in [-0.15, -0.1) is 0 Å². The highest BCUT2D eigenvalue weighted by molar-refractivity contribution is 5.71. The van der Waals surface area contributed by atoms with Gasteiger partial charge in [0.1, 0.15) is 5.52 Å². The lowest BCUT2D eigenvalue weighted by atomic mass is 10.0. The fraction of sp³-hybridized carbons (Fsp3) is 0.467. The molecule has 11 heteroatoms. The number of ether oxygens (including phenoxy) is 2. The van der Waals surface area contributed by atoms with Gasteiger partial charge >= 0.3 is 6.61 Å². The molecule has 9 nitrogen and oxygen atoms in total. The summed E-state index contributed by atoms with van der Waals surface area (Å²) in [6.07, 6.45) is 5.33. The van der Waals surface area contributed by atoms with Crippen molar-refractivity contribution in [2.24, 2.45) is 5.92 Å². The standard InChI is InChI=1S/C15H17F2N7O2/c16-15(17)26-13-4-11(22-23-13)20-12-6-18-10-5-19-24(14(10)21-12)7-9-2-1-3-25-8-9/h4-6,9,15H,1-3,7-8H2,(H2,20,21,22,23). The Morgan fingerprint density at radius 2 is 2.31 bits per heavy atom. The Morgan fingerprint density at radius 1 is 1.38 bits per heavy atom. The number of aromatic nitrogens is 6. The number of hydrogen-bond donors (Lipinski definition) is 2. The molecule has 1 aliphatic heterocycles. The van der Waals surface area contributed by atoms with E-state index in [0.29, 0.717) is 41.9 Å². The first-order valence-electron chi connectivity index (χ1n) is 8.21. The zero-order valence-corrected chi connectivity index (χ0v) is 13.7. The summed E-state index contributed by atoms with van der Waals surface area (Å²) in [5, 5.41) is 13.5. The molecule has 3 aromatic heterocycles. The number of nitrogens with zero attached hydrogens (tertiary/aromatic N) is 5. The fourth-order valence-electron chi connectivity index (χ4n) is 2.89. The van der Waals surface area contributed by atoms with Gasteiger partial charge < -0.3 is 14.8 Å². The van der Waals surface area contributed by atoms with Crippen LogP contribution < -0.4 is 10.1 Å². The molecule has 0 aromatic carbocycles. The number of alkyl halides is 2. The Kier molecular flexibility index (Phi) is 4.61. The van der Waals surface area contributed by atoms with Crippen LogP contribution in [0.5, 0.6) is 5.88 Å². The lowest BCUT2D eigenvalue weighted by Gasteiger charge is -2.21. The van der Waals surface area contributed by atoms with Gasteiger partial charge in [-0.2, -0.15) is 19.0 Å². The van der Waals surface area contributed by atoms with E-state index in [1.165, 1.54) is 12.3 Å². The zero-order chi connectivity index (χ0) is 17.9. The minimum atomic E-state index is -2.92. The van der Waals surface area contributed by atoms with Crippen LogP contribution in [0.15, 0.2) is 18.5 Å². The number of anilines is 2. The number of rotatable bonds is 6. The molecule has 4 heterocycles. The Bertz CT molecular complexity index is 876. The molecule has 138 valence electrons. The van der Waals surface area contributed by atoms with Gasteiger partial charge in [0, 0.05) is 25.1 Å². The summed E-state index contributed by atoms with van der Waals surface area (Å²) in [5.41, 5.74) is 1.32. The Morgan fingerprint density at radius 3 is 3.12 bits per heavy atom. The molecule has 0 aliphatic carbocycles. The van der Waals surface area contributed by atoms with Gasteiger partial charge in [0.2, 0.25) is 5.88 Å². The highest BCUT2D eigenvalue weighted by Gasteiger charge is 2.17. The molecule has 0 amide bonds. The van der Waals surface area contributed by atoms with Gasteiger partial charge in [-0.25, -0.2) is 19.7 Å². The number of nitrogens with one attached hydrogen (secondary N) is 2. The second-order valence-electron chi connectivity index (χ2n) is 5.99. The Hall–Kier alpha value is -2.82. The van der Waals surface area contributed by atoms with Gasteiger partial charge in [-0.1, -0.05) is 0 Å². The summed E-state index contributed by atoms with van der Waals surface area (Å²) < 4.78 is 36.0. The monoisotopic (exact) mass is 365 g/mol. The van der Waals surface area contributed by atoms with E-state index in [1.54, 1.807) is 6.20 Å². The molecule has 26 heavy (non-hydrogen) atoms. The van der Waals surface area contributed by atoms with Crippen molar-refractivity contribution in [3.05, 3.63) is 18.5 Å². The minimum absolute atomic E-state index is 0.140. The zero-order valence-electron chi connectivity index (χ0n) is 13.7. The van der Waals surface area contributed by atoms with Crippen LogP contribution in [0, 0.1) is 5.92 Å². The third-order valence-electron chi connectivity index (χ3n) is 4.06. The predicted molar refractivity (Wildman–Crippen MR) is 87.4 cm³/mol. The smallest absolute Gasteiger partial charge is 0.388 e. The van der Waals surface area contributed by atoms with E-state index in [0.717, 1.165) is 19.4 Å². The molecule has 3 aromatic rings. The van der Waals surface area contributed by atoms with E-state index in [-0.39, 0.29) is 5.88 Å². The Labute approximate surface area is 146 Å². The summed E-state index contributed by atoms with van der Waals surface area (Å²) in [6, 6.07) is 1.31. The second kappa shape index (κ2) is 7.20. The van der Waals surface area contributed by atoms with Crippen LogP contribution >= 0.6 is 0 Å². The molecule has 4 rings (SSSR count). The van der Waals surface area contributed by atoms with Gasteiger partial charge in [-0.3, -0.25) is 0 Å². The molecule has 0 saturated carbocycles.